The molecule has 0 radical (unpaired) electrons. The van der Waals surface area contributed by atoms with E-state index in [0.29, 0.717) is 13.1 Å². The van der Waals surface area contributed by atoms with Gasteiger partial charge in [-0.1, -0.05) is 24.3 Å². The fourth-order valence-corrected chi connectivity index (χ4v) is 3.70. The van der Waals surface area contributed by atoms with Gasteiger partial charge in [0.25, 0.3) is 0 Å². The van der Waals surface area contributed by atoms with Crippen LogP contribution in [-0.4, -0.2) is 61.0 Å². The quantitative estimate of drug-likeness (QED) is 0.648. The number of hydrogen-bond acceptors (Lipinski definition) is 4. The minimum absolute atomic E-state index is 0.0546. The Bertz CT molecular complexity index is 898. The van der Waals surface area contributed by atoms with Crippen molar-refractivity contribution >= 4 is 24.0 Å². The van der Waals surface area contributed by atoms with Crippen molar-refractivity contribution in [2.24, 2.45) is 0 Å². The Hall–Kier alpha value is -3.54. The number of carbonyl (C=O) groups is 2. The highest BCUT2D eigenvalue weighted by atomic mass is 16.5. The second-order valence-corrected chi connectivity index (χ2v) is 7.89. The Morgan fingerprint density at radius 1 is 0.719 bits per heavy atom. The minimum atomic E-state index is -0.0717. The fourth-order valence-electron chi connectivity index (χ4n) is 3.70. The van der Waals surface area contributed by atoms with Crippen LogP contribution in [0.5, 0.6) is 11.5 Å². The number of amides is 2. The summed E-state index contributed by atoms with van der Waals surface area (Å²) in [6.07, 6.45) is 6.78. The molecule has 2 atom stereocenters. The van der Waals surface area contributed by atoms with Crippen LogP contribution < -0.4 is 9.47 Å². The summed E-state index contributed by atoms with van der Waals surface area (Å²) >= 11 is 0. The summed E-state index contributed by atoms with van der Waals surface area (Å²) in [5.74, 6) is 1.44. The molecule has 0 saturated carbocycles. The van der Waals surface area contributed by atoms with Crippen molar-refractivity contribution in [1.29, 1.82) is 0 Å². The zero-order valence-electron chi connectivity index (χ0n) is 19.0. The van der Waals surface area contributed by atoms with Gasteiger partial charge in [-0.25, -0.2) is 0 Å². The Labute approximate surface area is 189 Å². The van der Waals surface area contributed by atoms with Crippen molar-refractivity contribution in [2.45, 2.75) is 25.9 Å². The molecular formula is C26H30N2O4. The van der Waals surface area contributed by atoms with Gasteiger partial charge >= 0.3 is 0 Å². The molecule has 1 fully saturated rings. The highest BCUT2D eigenvalue weighted by Gasteiger charge is 2.32. The van der Waals surface area contributed by atoms with Crippen LogP contribution in [0.4, 0.5) is 0 Å². The maximum Gasteiger partial charge on any atom is 0.246 e. The molecule has 1 aliphatic heterocycles. The first-order valence-electron chi connectivity index (χ1n) is 10.7. The third kappa shape index (κ3) is 5.78. The minimum Gasteiger partial charge on any atom is -0.497 e. The number of piperazine rings is 1. The van der Waals surface area contributed by atoms with Crippen LogP contribution >= 0.6 is 0 Å². The predicted octanol–water partition coefficient (Wildman–Crippen LogP) is 3.88. The summed E-state index contributed by atoms with van der Waals surface area (Å²) in [6.45, 7) is 4.93. The molecule has 2 aromatic carbocycles. The van der Waals surface area contributed by atoms with E-state index < -0.39 is 0 Å². The standard InChI is InChI=1S/C26H30N2O4/c1-19-17-28(26(30)16-10-22-7-13-24(32-4)14-8-22)20(2)18-27(19)25(29)15-9-21-5-11-23(31-3)12-6-21/h5-16,19-20H,17-18H2,1-4H3/b15-9+,16-10+/t19-,20+. The van der Waals surface area contributed by atoms with Crippen LogP contribution in [0.2, 0.25) is 0 Å². The van der Waals surface area contributed by atoms with E-state index >= 15 is 0 Å². The van der Waals surface area contributed by atoms with E-state index in [-0.39, 0.29) is 23.9 Å². The van der Waals surface area contributed by atoms with Crippen LogP contribution in [0.1, 0.15) is 25.0 Å². The molecular weight excluding hydrogens is 404 g/mol. The first-order chi connectivity index (χ1) is 15.4. The van der Waals surface area contributed by atoms with Gasteiger partial charge in [0.05, 0.1) is 14.2 Å². The van der Waals surface area contributed by atoms with E-state index in [9.17, 15) is 9.59 Å². The first-order valence-corrected chi connectivity index (χ1v) is 10.7. The molecule has 1 heterocycles. The van der Waals surface area contributed by atoms with Gasteiger partial charge in [-0.05, 0) is 61.4 Å². The molecule has 3 rings (SSSR count). The molecule has 0 N–H and O–H groups in total. The lowest BCUT2D eigenvalue weighted by molar-refractivity contribution is -0.139. The summed E-state index contributed by atoms with van der Waals surface area (Å²) < 4.78 is 10.3. The van der Waals surface area contributed by atoms with Crippen molar-refractivity contribution in [1.82, 2.24) is 9.80 Å². The van der Waals surface area contributed by atoms with Crippen LogP contribution in [-0.2, 0) is 9.59 Å². The highest BCUT2D eigenvalue weighted by molar-refractivity contribution is 5.94. The molecule has 0 spiro atoms. The summed E-state index contributed by atoms with van der Waals surface area (Å²) in [5.41, 5.74) is 1.86. The number of nitrogens with zero attached hydrogens (tertiary/aromatic N) is 2. The first kappa shape index (κ1) is 23.1. The maximum atomic E-state index is 12.8. The molecule has 0 aliphatic carbocycles. The zero-order valence-corrected chi connectivity index (χ0v) is 19.0. The number of benzene rings is 2. The lowest BCUT2D eigenvalue weighted by atomic mass is 10.1. The van der Waals surface area contributed by atoms with Gasteiger partial charge in [0.15, 0.2) is 0 Å². The van der Waals surface area contributed by atoms with Gasteiger partial charge in [0, 0.05) is 37.3 Å². The van der Waals surface area contributed by atoms with Crippen molar-refractivity contribution in [3.05, 3.63) is 71.8 Å². The third-order valence-corrected chi connectivity index (χ3v) is 5.62. The highest BCUT2D eigenvalue weighted by Crippen LogP contribution is 2.18. The van der Waals surface area contributed by atoms with Crippen LogP contribution in [0, 0.1) is 0 Å². The Balaban J connectivity index is 1.59. The van der Waals surface area contributed by atoms with Gasteiger partial charge < -0.3 is 19.3 Å². The number of rotatable bonds is 6. The molecule has 1 saturated heterocycles. The molecule has 6 nitrogen and oxygen atoms in total. The Morgan fingerprint density at radius 2 is 1.06 bits per heavy atom. The molecule has 168 valence electrons. The normalized spacial score (nSPS) is 18.9. The number of ether oxygens (including phenoxy) is 2. The molecule has 0 unspecified atom stereocenters. The second kappa shape index (κ2) is 10.7. The molecule has 0 bridgehead atoms. The number of methoxy groups -OCH3 is 2. The fraction of sp³-hybridized carbons (Fsp3) is 0.308. The third-order valence-electron chi connectivity index (χ3n) is 5.62. The Kier molecular flexibility index (Phi) is 7.71. The molecule has 2 amide bonds. The van der Waals surface area contributed by atoms with Crippen molar-refractivity contribution in [2.75, 3.05) is 27.3 Å². The molecule has 32 heavy (non-hydrogen) atoms. The van der Waals surface area contributed by atoms with Gasteiger partial charge in [0.2, 0.25) is 11.8 Å². The van der Waals surface area contributed by atoms with Gasteiger partial charge in [-0.15, -0.1) is 0 Å². The van der Waals surface area contributed by atoms with E-state index in [4.69, 9.17) is 9.47 Å². The lowest BCUT2D eigenvalue weighted by Gasteiger charge is -2.43. The molecule has 6 heteroatoms. The number of carbonyl (C=O) groups excluding carboxylic acids is 2. The maximum absolute atomic E-state index is 12.8. The smallest absolute Gasteiger partial charge is 0.246 e. The zero-order chi connectivity index (χ0) is 23.1. The molecule has 2 aromatic rings. The molecule has 0 aromatic heterocycles. The van der Waals surface area contributed by atoms with Gasteiger partial charge in [0.1, 0.15) is 11.5 Å². The monoisotopic (exact) mass is 434 g/mol. The number of hydrogen-bond donors (Lipinski definition) is 0. The van der Waals surface area contributed by atoms with E-state index in [1.165, 1.54) is 0 Å². The van der Waals surface area contributed by atoms with Crippen LogP contribution in [0.15, 0.2) is 60.7 Å². The summed E-state index contributed by atoms with van der Waals surface area (Å²) in [6, 6.07) is 14.9. The van der Waals surface area contributed by atoms with Crippen molar-refractivity contribution in [3.8, 4) is 11.5 Å². The lowest BCUT2D eigenvalue weighted by Crippen LogP contribution is -2.59. The van der Waals surface area contributed by atoms with E-state index in [2.05, 4.69) is 0 Å². The van der Waals surface area contributed by atoms with Gasteiger partial charge in [-0.2, -0.15) is 0 Å². The van der Waals surface area contributed by atoms with E-state index in [1.807, 2.05) is 72.2 Å². The summed E-state index contributed by atoms with van der Waals surface area (Å²) in [7, 11) is 3.24. The van der Waals surface area contributed by atoms with E-state index in [0.717, 1.165) is 22.6 Å². The van der Waals surface area contributed by atoms with Gasteiger partial charge in [-0.3, -0.25) is 9.59 Å². The average Bonchev–Trinajstić information content (AvgIpc) is 2.82. The summed E-state index contributed by atoms with van der Waals surface area (Å²) in [4.78, 5) is 29.2. The SMILES string of the molecule is COc1ccc(/C=C/C(=O)N2C[C@H](C)N(C(=O)/C=C/c3ccc(OC)cc3)C[C@H]2C)cc1. The van der Waals surface area contributed by atoms with Crippen LogP contribution in [0.3, 0.4) is 0 Å². The Morgan fingerprint density at radius 3 is 1.38 bits per heavy atom. The van der Waals surface area contributed by atoms with Crippen LogP contribution in [0.25, 0.3) is 12.2 Å². The largest absolute Gasteiger partial charge is 0.497 e. The second-order valence-electron chi connectivity index (χ2n) is 7.89. The topological polar surface area (TPSA) is 59.1 Å². The van der Waals surface area contributed by atoms with Crippen molar-refractivity contribution in [3.63, 3.8) is 0 Å². The van der Waals surface area contributed by atoms with E-state index in [1.54, 1.807) is 38.5 Å². The van der Waals surface area contributed by atoms with Crippen molar-refractivity contribution < 1.29 is 19.1 Å². The average molecular weight is 435 g/mol. The summed E-state index contributed by atoms with van der Waals surface area (Å²) in [5, 5.41) is 0. The molecule has 1 aliphatic rings. The predicted molar refractivity (Wildman–Crippen MR) is 126 cm³/mol.